The van der Waals surface area contributed by atoms with E-state index in [1.54, 1.807) is 0 Å². The number of hydrogen-bond acceptors (Lipinski definition) is 5. The maximum atomic E-state index is 10.7. The van der Waals surface area contributed by atoms with Crippen molar-refractivity contribution < 1.29 is 24.9 Å². The Labute approximate surface area is 85.9 Å². The van der Waals surface area contributed by atoms with Gasteiger partial charge < -0.3 is 20.1 Å². The summed E-state index contributed by atoms with van der Waals surface area (Å²) in [4.78, 5) is 10.7. The lowest BCUT2D eigenvalue weighted by Gasteiger charge is -2.01. The van der Waals surface area contributed by atoms with Gasteiger partial charge in [0.05, 0.1) is 7.11 Å². The van der Waals surface area contributed by atoms with E-state index in [9.17, 15) is 4.79 Å². The molecular formula is C10H10O5. The SMILES string of the molecule is COC(=O)C=Cc1cc(O)c(O)c(O)c1. The molecule has 0 aliphatic heterocycles. The molecule has 0 aromatic heterocycles. The lowest BCUT2D eigenvalue weighted by atomic mass is 10.1. The first kappa shape index (κ1) is 10.9. The van der Waals surface area contributed by atoms with Crippen LogP contribution in [-0.4, -0.2) is 28.4 Å². The minimum Gasteiger partial charge on any atom is -0.504 e. The van der Waals surface area contributed by atoms with Gasteiger partial charge in [0.2, 0.25) is 0 Å². The maximum absolute atomic E-state index is 10.7. The van der Waals surface area contributed by atoms with Crippen molar-refractivity contribution in [1.82, 2.24) is 0 Å². The molecule has 0 amide bonds. The summed E-state index contributed by atoms with van der Waals surface area (Å²) in [5.41, 5.74) is 0.369. The summed E-state index contributed by atoms with van der Waals surface area (Å²) >= 11 is 0. The molecule has 80 valence electrons. The lowest BCUT2D eigenvalue weighted by molar-refractivity contribution is -0.134. The van der Waals surface area contributed by atoms with Gasteiger partial charge in [-0.3, -0.25) is 0 Å². The van der Waals surface area contributed by atoms with Crippen LogP contribution in [0.1, 0.15) is 5.56 Å². The first-order valence-electron chi connectivity index (χ1n) is 4.05. The average molecular weight is 210 g/mol. The third-order valence-corrected chi connectivity index (χ3v) is 1.71. The third kappa shape index (κ3) is 2.63. The fourth-order valence-electron chi connectivity index (χ4n) is 0.954. The Morgan fingerprint density at radius 2 is 1.80 bits per heavy atom. The largest absolute Gasteiger partial charge is 0.504 e. The van der Waals surface area contributed by atoms with E-state index in [-0.39, 0.29) is 0 Å². The Balaban J connectivity index is 2.97. The molecule has 0 saturated carbocycles. The van der Waals surface area contributed by atoms with Crippen molar-refractivity contribution in [1.29, 1.82) is 0 Å². The van der Waals surface area contributed by atoms with Crippen LogP contribution in [0.2, 0.25) is 0 Å². The van der Waals surface area contributed by atoms with E-state index in [0.29, 0.717) is 5.56 Å². The van der Waals surface area contributed by atoms with E-state index in [4.69, 9.17) is 15.3 Å². The van der Waals surface area contributed by atoms with Gasteiger partial charge in [-0.2, -0.15) is 0 Å². The zero-order valence-corrected chi connectivity index (χ0v) is 7.97. The van der Waals surface area contributed by atoms with E-state index >= 15 is 0 Å². The van der Waals surface area contributed by atoms with Crippen LogP contribution in [0.15, 0.2) is 18.2 Å². The van der Waals surface area contributed by atoms with E-state index in [2.05, 4.69) is 4.74 Å². The second-order valence-corrected chi connectivity index (χ2v) is 2.76. The molecule has 0 aliphatic rings. The zero-order chi connectivity index (χ0) is 11.4. The highest BCUT2D eigenvalue weighted by Crippen LogP contribution is 2.35. The molecule has 0 radical (unpaired) electrons. The topological polar surface area (TPSA) is 87.0 Å². The molecule has 0 spiro atoms. The second-order valence-electron chi connectivity index (χ2n) is 2.76. The summed E-state index contributed by atoms with van der Waals surface area (Å²) in [6.07, 6.45) is 2.47. The Morgan fingerprint density at radius 1 is 1.27 bits per heavy atom. The highest BCUT2D eigenvalue weighted by molar-refractivity contribution is 5.87. The van der Waals surface area contributed by atoms with E-state index in [0.717, 1.165) is 6.08 Å². The number of carbonyl (C=O) groups excluding carboxylic acids is 1. The standard InChI is InChI=1S/C10H10O5/c1-15-9(13)3-2-6-4-7(11)10(14)8(12)5-6/h2-5,11-12,14H,1H3. The molecule has 0 atom stereocenters. The van der Waals surface area contributed by atoms with Crippen LogP contribution in [0.25, 0.3) is 6.08 Å². The number of esters is 1. The first-order chi connectivity index (χ1) is 7.04. The van der Waals surface area contributed by atoms with E-state index < -0.39 is 23.2 Å². The number of phenols is 3. The van der Waals surface area contributed by atoms with Gasteiger partial charge in [0.15, 0.2) is 17.2 Å². The summed E-state index contributed by atoms with van der Waals surface area (Å²) in [5.74, 6) is -2.06. The predicted molar refractivity (Wildman–Crippen MR) is 52.5 cm³/mol. The van der Waals surface area contributed by atoms with Crippen LogP contribution >= 0.6 is 0 Å². The molecule has 1 rings (SSSR count). The fourth-order valence-corrected chi connectivity index (χ4v) is 0.954. The van der Waals surface area contributed by atoms with Crippen LogP contribution < -0.4 is 0 Å². The molecule has 1 aromatic rings. The molecule has 0 unspecified atom stereocenters. The first-order valence-corrected chi connectivity index (χ1v) is 4.05. The molecule has 0 fully saturated rings. The van der Waals surface area contributed by atoms with Crippen molar-refractivity contribution in [3.63, 3.8) is 0 Å². The Hall–Kier alpha value is -2.17. The Kier molecular flexibility index (Phi) is 3.17. The number of phenolic OH excluding ortho intramolecular Hbond substituents is 3. The number of aromatic hydroxyl groups is 3. The smallest absolute Gasteiger partial charge is 0.330 e. The summed E-state index contributed by atoms with van der Waals surface area (Å²) in [7, 11) is 1.23. The maximum Gasteiger partial charge on any atom is 0.330 e. The van der Waals surface area contributed by atoms with Crippen LogP contribution in [0.4, 0.5) is 0 Å². The average Bonchev–Trinajstić information content (AvgIpc) is 2.22. The molecule has 15 heavy (non-hydrogen) atoms. The second kappa shape index (κ2) is 4.36. The van der Waals surface area contributed by atoms with Crippen molar-refractivity contribution in [2.75, 3.05) is 7.11 Å². The normalized spacial score (nSPS) is 10.5. The Bertz CT molecular complexity index is 385. The zero-order valence-electron chi connectivity index (χ0n) is 7.97. The minimum atomic E-state index is -0.592. The van der Waals surface area contributed by atoms with Crippen molar-refractivity contribution in [2.24, 2.45) is 0 Å². The number of benzene rings is 1. The molecule has 0 saturated heterocycles. The van der Waals surface area contributed by atoms with Gasteiger partial charge in [0.25, 0.3) is 0 Å². The van der Waals surface area contributed by atoms with Gasteiger partial charge in [-0.1, -0.05) is 0 Å². The lowest BCUT2D eigenvalue weighted by Crippen LogP contribution is -1.93. The van der Waals surface area contributed by atoms with E-state index in [1.807, 2.05) is 0 Å². The minimum absolute atomic E-state index is 0.369. The molecular weight excluding hydrogens is 200 g/mol. The van der Waals surface area contributed by atoms with Gasteiger partial charge in [-0.15, -0.1) is 0 Å². The number of methoxy groups -OCH3 is 1. The summed E-state index contributed by atoms with van der Waals surface area (Å²) in [5, 5.41) is 27.3. The van der Waals surface area contributed by atoms with Gasteiger partial charge in [-0.05, 0) is 23.8 Å². The van der Waals surface area contributed by atoms with Crippen molar-refractivity contribution >= 4 is 12.0 Å². The van der Waals surface area contributed by atoms with Crippen molar-refractivity contribution in [3.05, 3.63) is 23.8 Å². The quantitative estimate of drug-likeness (QED) is 0.385. The summed E-state index contributed by atoms with van der Waals surface area (Å²) in [6.45, 7) is 0. The highest BCUT2D eigenvalue weighted by Gasteiger charge is 2.06. The van der Waals surface area contributed by atoms with Crippen LogP contribution in [0.3, 0.4) is 0 Å². The number of rotatable bonds is 2. The van der Waals surface area contributed by atoms with Crippen molar-refractivity contribution in [2.45, 2.75) is 0 Å². The number of hydrogen-bond donors (Lipinski definition) is 3. The molecule has 1 aromatic carbocycles. The van der Waals surface area contributed by atoms with Crippen LogP contribution in [-0.2, 0) is 9.53 Å². The molecule has 0 heterocycles. The number of carbonyl (C=O) groups is 1. The van der Waals surface area contributed by atoms with Gasteiger partial charge in [0.1, 0.15) is 0 Å². The van der Waals surface area contributed by atoms with Gasteiger partial charge in [-0.25, -0.2) is 4.79 Å². The van der Waals surface area contributed by atoms with Crippen LogP contribution in [0.5, 0.6) is 17.2 Å². The summed E-state index contributed by atoms with van der Waals surface area (Å²) < 4.78 is 4.36. The van der Waals surface area contributed by atoms with Gasteiger partial charge >= 0.3 is 5.97 Å². The third-order valence-electron chi connectivity index (χ3n) is 1.71. The molecule has 3 N–H and O–H groups in total. The summed E-state index contributed by atoms with van der Waals surface area (Å²) in [6, 6.07) is 2.41. The van der Waals surface area contributed by atoms with Crippen LogP contribution in [0, 0.1) is 0 Å². The monoisotopic (exact) mass is 210 g/mol. The molecule has 0 bridgehead atoms. The molecule has 5 heteroatoms. The highest BCUT2D eigenvalue weighted by atomic mass is 16.5. The fraction of sp³-hybridized carbons (Fsp3) is 0.100. The predicted octanol–water partition coefficient (Wildman–Crippen LogP) is 0.990. The number of ether oxygens (including phenoxy) is 1. The Morgan fingerprint density at radius 3 is 2.27 bits per heavy atom. The van der Waals surface area contributed by atoms with Crippen molar-refractivity contribution in [3.8, 4) is 17.2 Å². The van der Waals surface area contributed by atoms with Gasteiger partial charge in [0, 0.05) is 6.08 Å². The molecule has 5 nitrogen and oxygen atoms in total. The molecule has 0 aliphatic carbocycles. The van der Waals surface area contributed by atoms with E-state index in [1.165, 1.54) is 25.3 Å².